The van der Waals surface area contributed by atoms with Gasteiger partial charge >= 0.3 is 12.1 Å². The molecule has 1 aliphatic rings. The molecule has 180 valence electrons. The highest BCUT2D eigenvalue weighted by atomic mass is 19.4. The Balaban J connectivity index is 1.23. The van der Waals surface area contributed by atoms with Gasteiger partial charge in [-0.1, -0.05) is 18.2 Å². The largest absolute Gasteiger partial charge is 0.492 e. The summed E-state index contributed by atoms with van der Waals surface area (Å²) in [7, 11) is 0. The number of hydrogen-bond donors (Lipinski definition) is 1. The van der Waals surface area contributed by atoms with Crippen molar-refractivity contribution in [3.63, 3.8) is 0 Å². The number of amides is 1. The molecule has 1 saturated heterocycles. The van der Waals surface area contributed by atoms with E-state index in [9.17, 15) is 18.0 Å². The van der Waals surface area contributed by atoms with Crippen molar-refractivity contribution in [3.8, 4) is 5.75 Å². The van der Waals surface area contributed by atoms with Gasteiger partial charge in [0.05, 0.1) is 5.52 Å². The zero-order valence-electron chi connectivity index (χ0n) is 19.1. The van der Waals surface area contributed by atoms with Crippen molar-refractivity contribution in [3.05, 3.63) is 65.9 Å². The average molecular weight is 472 g/mol. The van der Waals surface area contributed by atoms with Crippen LogP contribution in [0, 0.1) is 12.8 Å². The molecule has 1 amide bonds. The third-order valence-electron chi connectivity index (χ3n) is 6.17. The lowest BCUT2D eigenvalue weighted by atomic mass is 9.90. The molecule has 0 saturated carbocycles. The summed E-state index contributed by atoms with van der Waals surface area (Å²) in [4.78, 5) is 18.1. The lowest BCUT2D eigenvalue weighted by Gasteiger charge is -2.32. The van der Waals surface area contributed by atoms with Crippen LogP contribution in [-0.2, 0) is 11.2 Å². The number of piperidine rings is 1. The van der Waals surface area contributed by atoms with Crippen LogP contribution in [0.1, 0.15) is 24.1 Å². The predicted octanol–water partition coefficient (Wildman–Crippen LogP) is 5.38. The number of benzene rings is 2. The number of fused-ring (bicyclic) bond motifs is 1. The maximum absolute atomic E-state index is 12.5. The number of alkyl halides is 3. The van der Waals surface area contributed by atoms with Gasteiger partial charge < -0.3 is 10.1 Å². The molecule has 2 aromatic carbocycles. The van der Waals surface area contributed by atoms with E-state index >= 15 is 0 Å². The van der Waals surface area contributed by atoms with Gasteiger partial charge in [0, 0.05) is 23.3 Å². The van der Waals surface area contributed by atoms with E-state index in [0.29, 0.717) is 12.5 Å². The van der Waals surface area contributed by atoms with Crippen LogP contribution in [0.15, 0.2) is 54.6 Å². The first kappa shape index (κ1) is 24.0. The molecule has 0 bridgehead atoms. The molecule has 34 heavy (non-hydrogen) atoms. The van der Waals surface area contributed by atoms with Crippen LogP contribution < -0.4 is 10.1 Å². The van der Waals surface area contributed by atoms with Crippen molar-refractivity contribution in [2.24, 2.45) is 5.92 Å². The average Bonchev–Trinajstić information content (AvgIpc) is 2.80. The van der Waals surface area contributed by atoms with Crippen LogP contribution in [0.25, 0.3) is 10.9 Å². The van der Waals surface area contributed by atoms with Gasteiger partial charge in [-0.3, -0.25) is 14.7 Å². The van der Waals surface area contributed by atoms with Crippen molar-refractivity contribution in [2.75, 3.05) is 31.6 Å². The fourth-order valence-corrected chi connectivity index (χ4v) is 4.36. The van der Waals surface area contributed by atoms with Crippen LogP contribution in [0.5, 0.6) is 5.75 Å². The van der Waals surface area contributed by atoms with E-state index in [1.807, 2.05) is 48.6 Å². The summed E-state index contributed by atoms with van der Waals surface area (Å²) in [5, 5.41) is 2.94. The van der Waals surface area contributed by atoms with Crippen molar-refractivity contribution in [2.45, 2.75) is 32.4 Å². The van der Waals surface area contributed by atoms with E-state index in [-0.39, 0.29) is 5.69 Å². The standard InChI is InChI=1S/C26H28F3N3O2/c1-18-8-9-22-23(30-18)6-3-7-24(22)34-15-14-32-12-10-19(11-13-32)16-20-4-2-5-21(17-20)31-25(33)26(27,28)29/h2-9,17,19H,10-16H2,1H3,(H,31,33). The van der Waals surface area contributed by atoms with E-state index in [2.05, 4.69) is 9.88 Å². The summed E-state index contributed by atoms with van der Waals surface area (Å²) in [6.07, 6.45) is -2.09. The number of aromatic nitrogens is 1. The predicted molar refractivity (Wildman–Crippen MR) is 126 cm³/mol. The normalized spacial score (nSPS) is 15.4. The second-order valence-electron chi connectivity index (χ2n) is 8.77. The number of pyridine rings is 1. The number of carbonyl (C=O) groups excluding carboxylic acids is 1. The summed E-state index contributed by atoms with van der Waals surface area (Å²) >= 11 is 0. The fourth-order valence-electron chi connectivity index (χ4n) is 4.36. The first-order valence-electron chi connectivity index (χ1n) is 11.5. The molecule has 0 radical (unpaired) electrons. The van der Waals surface area contributed by atoms with Crippen LogP contribution in [0.3, 0.4) is 0 Å². The minimum absolute atomic E-state index is 0.174. The maximum atomic E-state index is 12.5. The minimum Gasteiger partial charge on any atom is -0.492 e. The molecule has 1 aromatic heterocycles. The number of nitrogens with zero attached hydrogens (tertiary/aromatic N) is 2. The number of anilines is 1. The van der Waals surface area contributed by atoms with E-state index in [0.717, 1.165) is 66.8 Å². The third-order valence-corrected chi connectivity index (χ3v) is 6.17. The van der Waals surface area contributed by atoms with Crippen molar-refractivity contribution in [1.82, 2.24) is 9.88 Å². The Morgan fingerprint density at radius 1 is 1.12 bits per heavy atom. The number of carbonyl (C=O) groups is 1. The molecule has 1 N–H and O–H groups in total. The van der Waals surface area contributed by atoms with Crippen LogP contribution in [0.4, 0.5) is 18.9 Å². The first-order valence-corrected chi connectivity index (χ1v) is 11.5. The lowest BCUT2D eigenvalue weighted by Crippen LogP contribution is -2.37. The Bertz CT molecular complexity index is 1140. The molecule has 0 unspecified atom stereocenters. The van der Waals surface area contributed by atoms with E-state index < -0.39 is 12.1 Å². The van der Waals surface area contributed by atoms with Gasteiger partial charge in [0.2, 0.25) is 0 Å². The molecule has 0 aliphatic carbocycles. The summed E-state index contributed by atoms with van der Waals surface area (Å²) < 4.78 is 43.5. The summed E-state index contributed by atoms with van der Waals surface area (Å²) in [6, 6.07) is 16.6. The smallest absolute Gasteiger partial charge is 0.471 e. The Morgan fingerprint density at radius 2 is 1.88 bits per heavy atom. The van der Waals surface area contributed by atoms with Gasteiger partial charge in [-0.25, -0.2) is 0 Å². The van der Waals surface area contributed by atoms with Crippen LogP contribution >= 0.6 is 0 Å². The minimum atomic E-state index is -4.89. The highest BCUT2D eigenvalue weighted by Gasteiger charge is 2.38. The summed E-state index contributed by atoms with van der Waals surface area (Å²) in [5.41, 5.74) is 3.01. The summed E-state index contributed by atoms with van der Waals surface area (Å²) in [6.45, 7) is 5.31. The molecule has 4 rings (SSSR count). The molecule has 0 spiro atoms. The lowest BCUT2D eigenvalue weighted by molar-refractivity contribution is -0.167. The Kier molecular flexibility index (Phi) is 7.36. The maximum Gasteiger partial charge on any atom is 0.471 e. The van der Waals surface area contributed by atoms with Crippen LogP contribution in [-0.4, -0.2) is 48.2 Å². The Hall–Kier alpha value is -3.13. The molecule has 0 atom stereocenters. The van der Waals surface area contributed by atoms with Crippen molar-refractivity contribution >= 4 is 22.5 Å². The molecule has 2 heterocycles. The third kappa shape index (κ3) is 6.26. The highest BCUT2D eigenvalue weighted by molar-refractivity contribution is 5.94. The Morgan fingerprint density at radius 3 is 2.65 bits per heavy atom. The first-order chi connectivity index (χ1) is 16.3. The van der Waals surface area contributed by atoms with Gasteiger partial charge in [0.15, 0.2) is 0 Å². The number of ether oxygens (including phenoxy) is 1. The number of nitrogens with one attached hydrogen (secondary N) is 1. The van der Waals surface area contributed by atoms with Gasteiger partial charge in [-0.2, -0.15) is 13.2 Å². The zero-order chi connectivity index (χ0) is 24.1. The number of aryl methyl sites for hydroxylation is 1. The molecular formula is C26H28F3N3O2. The number of rotatable bonds is 7. The second kappa shape index (κ2) is 10.4. The number of halogens is 3. The highest BCUT2D eigenvalue weighted by Crippen LogP contribution is 2.26. The summed E-state index contributed by atoms with van der Waals surface area (Å²) in [5.74, 6) is -0.648. The molecule has 1 aliphatic heterocycles. The van der Waals surface area contributed by atoms with Gasteiger partial charge in [-0.15, -0.1) is 0 Å². The van der Waals surface area contributed by atoms with E-state index in [4.69, 9.17) is 4.74 Å². The van der Waals surface area contributed by atoms with Crippen molar-refractivity contribution < 1.29 is 22.7 Å². The second-order valence-corrected chi connectivity index (χ2v) is 8.77. The quantitative estimate of drug-likeness (QED) is 0.503. The monoisotopic (exact) mass is 471 g/mol. The molecule has 8 heteroatoms. The molecule has 5 nitrogen and oxygen atoms in total. The fraction of sp³-hybridized carbons (Fsp3) is 0.385. The SMILES string of the molecule is Cc1ccc2c(OCCN3CCC(Cc4cccc(NC(=O)C(F)(F)F)c4)CC3)cccc2n1. The topological polar surface area (TPSA) is 54.5 Å². The Labute approximate surface area is 196 Å². The molecular weight excluding hydrogens is 443 g/mol. The van der Waals surface area contributed by atoms with E-state index in [1.54, 1.807) is 12.1 Å². The molecule has 1 fully saturated rings. The van der Waals surface area contributed by atoms with E-state index in [1.165, 1.54) is 6.07 Å². The molecule has 3 aromatic rings. The van der Waals surface area contributed by atoms with Gasteiger partial charge in [0.25, 0.3) is 0 Å². The number of likely N-dealkylation sites (tertiary alicyclic amines) is 1. The van der Waals surface area contributed by atoms with Crippen LogP contribution in [0.2, 0.25) is 0 Å². The zero-order valence-corrected chi connectivity index (χ0v) is 19.1. The van der Waals surface area contributed by atoms with Gasteiger partial charge in [0.1, 0.15) is 12.4 Å². The van der Waals surface area contributed by atoms with Crippen molar-refractivity contribution in [1.29, 1.82) is 0 Å². The number of hydrogen-bond acceptors (Lipinski definition) is 4. The van der Waals surface area contributed by atoms with Gasteiger partial charge in [-0.05, 0) is 87.2 Å².